The standard InChI is InChI=1S/C15H21ClN2O3/c1-2-20-15(19)18-9-7-17(8-10-18)11-12-21-14-6-4-3-5-13(14)16/h3-6H,2,7-12H2,1H3. The van der Waals surface area contributed by atoms with Gasteiger partial charge in [-0.15, -0.1) is 0 Å². The lowest BCUT2D eigenvalue weighted by Gasteiger charge is -2.33. The van der Waals surface area contributed by atoms with Gasteiger partial charge >= 0.3 is 6.09 Å². The van der Waals surface area contributed by atoms with E-state index in [1.54, 1.807) is 4.90 Å². The number of hydrogen-bond acceptors (Lipinski definition) is 4. The quantitative estimate of drug-likeness (QED) is 0.838. The van der Waals surface area contributed by atoms with Gasteiger partial charge in [-0.25, -0.2) is 4.79 Å². The fourth-order valence-electron chi connectivity index (χ4n) is 2.22. The van der Waals surface area contributed by atoms with Crippen LogP contribution in [0.25, 0.3) is 0 Å². The summed E-state index contributed by atoms with van der Waals surface area (Å²) in [6.07, 6.45) is -0.218. The first-order chi connectivity index (χ1) is 10.2. The molecule has 1 aromatic carbocycles. The Labute approximate surface area is 130 Å². The third kappa shape index (κ3) is 4.79. The van der Waals surface area contributed by atoms with E-state index in [4.69, 9.17) is 21.1 Å². The van der Waals surface area contributed by atoms with Crippen molar-refractivity contribution >= 4 is 17.7 Å². The molecule has 1 aromatic rings. The van der Waals surface area contributed by atoms with Crippen molar-refractivity contribution in [3.63, 3.8) is 0 Å². The summed E-state index contributed by atoms with van der Waals surface area (Å²) in [5.41, 5.74) is 0. The van der Waals surface area contributed by atoms with Gasteiger partial charge in [0.05, 0.1) is 11.6 Å². The predicted molar refractivity (Wildman–Crippen MR) is 82.0 cm³/mol. The number of ether oxygens (including phenoxy) is 2. The van der Waals surface area contributed by atoms with Crippen LogP contribution in [0.3, 0.4) is 0 Å². The molecule has 0 atom stereocenters. The largest absolute Gasteiger partial charge is 0.491 e. The molecule has 2 rings (SSSR count). The lowest BCUT2D eigenvalue weighted by atomic mass is 10.3. The molecule has 0 saturated carbocycles. The van der Waals surface area contributed by atoms with Gasteiger partial charge < -0.3 is 14.4 Å². The van der Waals surface area contributed by atoms with Crippen molar-refractivity contribution in [2.45, 2.75) is 6.92 Å². The highest BCUT2D eigenvalue weighted by Gasteiger charge is 2.21. The molecule has 0 aromatic heterocycles. The van der Waals surface area contributed by atoms with E-state index in [0.717, 1.165) is 19.6 Å². The van der Waals surface area contributed by atoms with Gasteiger partial charge in [0, 0.05) is 32.7 Å². The Bertz CT molecular complexity index is 462. The number of para-hydroxylation sites is 1. The van der Waals surface area contributed by atoms with Crippen LogP contribution in [0.5, 0.6) is 5.75 Å². The van der Waals surface area contributed by atoms with Gasteiger partial charge in [-0.2, -0.15) is 0 Å². The van der Waals surface area contributed by atoms with Crippen LogP contribution in [-0.4, -0.2) is 61.8 Å². The molecule has 1 heterocycles. The Morgan fingerprint density at radius 1 is 1.24 bits per heavy atom. The van der Waals surface area contributed by atoms with Gasteiger partial charge in [0.15, 0.2) is 0 Å². The molecule has 0 unspecified atom stereocenters. The minimum absolute atomic E-state index is 0.218. The third-order valence-corrected chi connectivity index (χ3v) is 3.71. The molecule has 0 bridgehead atoms. The number of nitrogens with zero attached hydrogens (tertiary/aromatic N) is 2. The number of halogens is 1. The molecule has 6 heteroatoms. The summed E-state index contributed by atoms with van der Waals surface area (Å²) in [6, 6.07) is 7.46. The Hall–Kier alpha value is -1.46. The zero-order valence-corrected chi connectivity index (χ0v) is 13.0. The average Bonchev–Trinajstić information content (AvgIpc) is 2.50. The summed E-state index contributed by atoms with van der Waals surface area (Å²) in [5, 5.41) is 0.629. The van der Waals surface area contributed by atoms with Crippen LogP contribution in [0.1, 0.15) is 6.92 Å². The monoisotopic (exact) mass is 312 g/mol. The Kier molecular flexibility index (Phi) is 6.14. The van der Waals surface area contributed by atoms with Crippen molar-refractivity contribution in [2.75, 3.05) is 45.9 Å². The number of carbonyl (C=O) groups excluding carboxylic acids is 1. The zero-order chi connectivity index (χ0) is 15.1. The highest BCUT2D eigenvalue weighted by molar-refractivity contribution is 6.32. The first-order valence-electron chi connectivity index (χ1n) is 7.22. The minimum atomic E-state index is -0.218. The van der Waals surface area contributed by atoms with Crippen LogP contribution in [0.15, 0.2) is 24.3 Å². The lowest BCUT2D eigenvalue weighted by Crippen LogP contribution is -2.49. The summed E-state index contributed by atoms with van der Waals surface area (Å²) in [5.74, 6) is 0.712. The summed E-state index contributed by atoms with van der Waals surface area (Å²) in [4.78, 5) is 15.6. The number of benzene rings is 1. The summed E-state index contributed by atoms with van der Waals surface area (Å²) < 4.78 is 10.7. The van der Waals surface area contributed by atoms with Crippen molar-refractivity contribution in [3.05, 3.63) is 29.3 Å². The van der Waals surface area contributed by atoms with E-state index in [2.05, 4.69) is 4.90 Å². The van der Waals surface area contributed by atoms with Crippen molar-refractivity contribution in [2.24, 2.45) is 0 Å². The van der Waals surface area contributed by atoms with Crippen LogP contribution >= 0.6 is 11.6 Å². The molecule has 1 amide bonds. The second-order valence-corrected chi connectivity index (χ2v) is 5.21. The molecular formula is C15H21ClN2O3. The Balaban J connectivity index is 1.67. The first-order valence-corrected chi connectivity index (χ1v) is 7.60. The van der Waals surface area contributed by atoms with E-state index in [1.165, 1.54) is 0 Å². The van der Waals surface area contributed by atoms with Gasteiger partial charge in [-0.3, -0.25) is 4.90 Å². The minimum Gasteiger partial charge on any atom is -0.491 e. The average molecular weight is 313 g/mol. The van der Waals surface area contributed by atoms with E-state index in [0.29, 0.717) is 37.1 Å². The van der Waals surface area contributed by atoms with Crippen molar-refractivity contribution < 1.29 is 14.3 Å². The van der Waals surface area contributed by atoms with Crippen LogP contribution in [0.4, 0.5) is 4.79 Å². The normalized spacial score (nSPS) is 15.8. The molecule has 1 fully saturated rings. The van der Waals surface area contributed by atoms with E-state index in [-0.39, 0.29) is 6.09 Å². The zero-order valence-electron chi connectivity index (χ0n) is 12.3. The molecule has 0 N–H and O–H groups in total. The van der Waals surface area contributed by atoms with E-state index in [1.807, 2.05) is 31.2 Å². The molecule has 116 valence electrons. The van der Waals surface area contributed by atoms with E-state index < -0.39 is 0 Å². The van der Waals surface area contributed by atoms with Gasteiger partial charge in [-0.05, 0) is 19.1 Å². The SMILES string of the molecule is CCOC(=O)N1CCN(CCOc2ccccc2Cl)CC1. The number of amides is 1. The summed E-state index contributed by atoms with van der Waals surface area (Å²) >= 11 is 6.03. The van der Waals surface area contributed by atoms with Crippen LogP contribution in [0.2, 0.25) is 5.02 Å². The highest BCUT2D eigenvalue weighted by atomic mass is 35.5. The molecular weight excluding hydrogens is 292 g/mol. The predicted octanol–water partition coefficient (Wildman–Crippen LogP) is 2.49. The van der Waals surface area contributed by atoms with Gasteiger partial charge in [0.25, 0.3) is 0 Å². The molecule has 1 aliphatic heterocycles. The van der Waals surface area contributed by atoms with Gasteiger partial charge in [0.2, 0.25) is 0 Å². The van der Waals surface area contributed by atoms with Crippen LogP contribution in [0, 0.1) is 0 Å². The second kappa shape index (κ2) is 8.10. The molecule has 1 aliphatic rings. The smallest absolute Gasteiger partial charge is 0.409 e. The van der Waals surface area contributed by atoms with Crippen molar-refractivity contribution in [3.8, 4) is 5.75 Å². The first kappa shape index (κ1) is 15.9. The van der Waals surface area contributed by atoms with Crippen LogP contribution in [-0.2, 0) is 4.74 Å². The van der Waals surface area contributed by atoms with Gasteiger partial charge in [0.1, 0.15) is 12.4 Å². The number of hydrogen-bond donors (Lipinski definition) is 0. The molecule has 0 aliphatic carbocycles. The fraction of sp³-hybridized carbons (Fsp3) is 0.533. The highest BCUT2D eigenvalue weighted by Crippen LogP contribution is 2.22. The maximum Gasteiger partial charge on any atom is 0.409 e. The maximum absolute atomic E-state index is 11.6. The summed E-state index contributed by atoms with van der Waals surface area (Å²) in [6.45, 7) is 6.72. The molecule has 21 heavy (non-hydrogen) atoms. The van der Waals surface area contributed by atoms with Gasteiger partial charge in [-0.1, -0.05) is 23.7 Å². The fourth-order valence-corrected chi connectivity index (χ4v) is 2.41. The summed E-state index contributed by atoms with van der Waals surface area (Å²) in [7, 11) is 0. The topological polar surface area (TPSA) is 42.0 Å². The third-order valence-electron chi connectivity index (χ3n) is 3.40. The number of piperazine rings is 1. The van der Waals surface area contributed by atoms with E-state index in [9.17, 15) is 4.79 Å². The van der Waals surface area contributed by atoms with E-state index >= 15 is 0 Å². The molecule has 1 saturated heterocycles. The maximum atomic E-state index is 11.6. The molecule has 0 radical (unpaired) electrons. The number of rotatable bonds is 5. The Morgan fingerprint density at radius 2 is 1.95 bits per heavy atom. The number of carbonyl (C=O) groups is 1. The molecule has 5 nitrogen and oxygen atoms in total. The second-order valence-electron chi connectivity index (χ2n) is 4.81. The van der Waals surface area contributed by atoms with Crippen molar-refractivity contribution in [1.82, 2.24) is 9.80 Å². The Morgan fingerprint density at radius 3 is 2.62 bits per heavy atom. The van der Waals surface area contributed by atoms with Crippen molar-refractivity contribution in [1.29, 1.82) is 0 Å². The lowest BCUT2D eigenvalue weighted by molar-refractivity contribution is 0.0757. The molecule has 0 spiro atoms. The van der Waals surface area contributed by atoms with Crippen LogP contribution < -0.4 is 4.74 Å².